The van der Waals surface area contributed by atoms with Crippen molar-refractivity contribution in [3.05, 3.63) is 56.9 Å². The van der Waals surface area contributed by atoms with Gasteiger partial charge >= 0.3 is 0 Å². The molecule has 0 fully saturated rings. The number of anilines is 1. The van der Waals surface area contributed by atoms with Gasteiger partial charge in [0.25, 0.3) is 0 Å². The third-order valence-corrected chi connectivity index (χ3v) is 5.24. The quantitative estimate of drug-likeness (QED) is 0.374. The molecule has 0 radical (unpaired) electrons. The van der Waals surface area contributed by atoms with Gasteiger partial charge in [-0.15, -0.1) is 11.3 Å². The van der Waals surface area contributed by atoms with Crippen LogP contribution in [0.15, 0.2) is 45.3 Å². The van der Waals surface area contributed by atoms with Crippen molar-refractivity contribution < 1.29 is 9.84 Å². The van der Waals surface area contributed by atoms with Crippen LogP contribution in [0.4, 0.5) is 5.13 Å². The minimum absolute atomic E-state index is 0.0833. The first kappa shape index (κ1) is 19.4. The number of aromatic hydroxyl groups is 1. The van der Waals surface area contributed by atoms with E-state index in [0.29, 0.717) is 22.0 Å². The molecule has 0 aliphatic heterocycles. The maximum atomic E-state index is 9.97. The number of nitrogens with one attached hydrogen (secondary N) is 1. The van der Waals surface area contributed by atoms with Gasteiger partial charge in [-0.3, -0.25) is 5.43 Å². The summed E-state index contributed by atoms with van der Waals surface area (Å²) < 4.78 is 5.98. The number of halogens is 1. The standard InChI is InChI=1S/C20H20BrN3O2S/c1-4-26-18-9-14(8-16(21)19(18)25)10-22-24-20-23-17(11-27-20)15-6-5-12(2)7-13(15)3/h5-11,25H,4H2,1-3H3,(H,23,24)/b22-10-. The molecule has 2 N–H and O–H groups in total. The molecule has 0 atom stereocenters. The second kappa shape index (κ2) is 8.54. The van der Waals surface area contributed by atoms with E-state index in [-0.39, 0.29) is 5.75 Å². The normalized spacial score (nSPS) is 11.1. The zero-order chi connectivity index (χ0) is 19.4. The van der Waals surface area contributed by atoms with Gasteiger partial charge in [-0.25, -0.2) is 4.98 Å². The fourth-order valence-corrected chi connectivity index (χ4v) is 3.76. The highest BCUT2D eigenvalue weighted by molar-refractivity contribution is 9.10. The fourth-order valence-electron chi connectivity index (χ4n) is 2.65. The average Bonchev–Trinajstić information content (AvgIpc) is 3.08. The molecule has 2 aromatic carbocycles. The van der Waals surface area contributed by atoms with E-state index < -0.39 is 0 Å². The summed E-state index contributed by atoms with van der Waals surface area (Å²) in [6, 6.07) is 9.84. The lowest BCUT2D eigenvalue weighted by Gasteiger charge is -2.08. The van der Waals surface area contributed by atoms with Gasteiger partial charge in [0.05, 0.1) is 23.0 Å². The highest BCUT2D eigenvalue weighted by Gasteiger charge is 2.09. The molecule has 3 rings (SSSR count). The maximum absolute atomic E-state index is 9.97. The minimum atomic E-state index is 0.0833. The number of rotatable bonds is 6. The lowest BCUT2D eigenvalue weighted by molar-refractivity contribution is 0.317. The number of hydrazone groups is 1. The Balaban J connectivity index is 1.73. The van der Waals surface area contributed by atoms with E-state index in [0.717, 1.165) is 16.8 Å². The smallest absolute Gasteiger partial charge is 0.203 e. The van der Waals surface area contributed by atoms with Crippen LogP contribution in [0.1, 0.15) is 23.6 Å². The molecule has 1 heterocycles. The predicted molar refractivity (Wildman–Crippen MR) is 115 cm³/mol. The largest absolute Gasteiger partial charge is 0.503 e. The minimum Gasteiger partial charge on any atom is -0.503 e. The number of ether oxygens (including phenoxy) is 1. The Labute approximate surface area is 170 Å². The van der Waals surface area contributed by atoms with Crippen molar-refractivity contribution in [1.29, 1.82) is 0 Å². The zero-order valence-electron chi connectivity index (χ0n) is 15.3. The van der Waals surface area contributed by atoms with Crippen LogP contribution in [-0.2, 0) is 0 Å². The summed E-state index contributed by atoms with van der Waals surface area (Å²) in [5, 5.41) is 16.9. The predicted octanol–water partition coefficient (Wildman–Crippen LogP) is 5.74. The summed E-state index contributed by atoms with van der Waals surface area (Å²) in [7, 11) is 0. The van der Waals surface area contributed by atoms with Gasteiger partial charge in [-0.2, -0.15) is 5.10 Å². The van der Waals surface area contributed by atoms with Crippen LogP contribution in [0.25, 0.3) is 11.3 Å². The number of hydrogen-bond donors (Lipinski definition) is 2. The van der Waals surface area contributed by atoms with Crippen molar-refractivity contribution in [1.82, 2.24) is 4.98 Å². The van der Waals surface area contributed by atoms with Gasteiger partial charge in [-0.1, -0.05) is 23.8 Å². The van der Waals surface area contributed by atoms with Crippen molar-refractivity contribution in [2.75, 3.05) is 12.0 Å². The molecule has 5 nitrogen and oxygen atoms in total. The molecular formula is C20H20BrN3O2S. The molecular weight excluding hydrogens is 426 g/mol. The lowest BCUT2D eigenvalue weighted by atomic mass is 10.0. The van der Waals surface area contributed by atoms with Crippen LogP contribution in [0, 0.1) is 13.8 Å². The monoisotopic (exact) mass is 445 g/mol. The van der Waals surface area contributed by atoms with E-state index in [9.17, 15) is 5.11 Å². The summed E-state index contributed by atoms with van der Waals surface area (Å²) in [6.45, 7) is 6.51. The molecule has 27 heavy (non-hydrogen) atoms. The van der Waals surface area contributed by atoms with Crippen molar-refractivity contribution >= 4 is 38.6 Å². The molecule has 0 aliphatic carbocycles. The highest BCUT2D eigenvalue weighted by Crippen LogP contribution is 2.35. The Morgan fingerprint density at radius 2 is 2.11 bits per heavy atom. The molecule has 0 aliphatic rings. The Bertz CT molecular complexity index is 985. The molecule has 0 saturated carbocycles. The van der Waals surface area contributed by atoms with Crippen LogP contribution >= 0.6 is 27.3 Å². The number of aromatic nitrogens is 1. The van der Waals surface area contributed by atoms with Crippen LogP contribution in [0.2, 0.25) is 0 Å². The summed E-state index contributed by atoms with van der Waals surface area (Å²) in [4.78, 5) is 4.60. The average molecular weight is 446 g/mol. The van der Waals surface area contributed by atoms with Crippen LogP contribution in [0.5, 0.6) is 11.5 Å². The Kier molecular flexibility index (Phi) is 6.13. The third-order valence-electron chi connectivity index (χ3n) is 3.89. The number of aryl methyl sites for hydroxylation is 2. The van der Waals surface area contributed by atoms with Gasteiger partial charge in [0.1, 0.15) is 0 Å². The molecule has 7 heteroatoms. The molecule has 0 spiro atoms. The first-order valence-corrected chi connectivity index (χ1v) is 10.1. The molecule has 140 valence electrons. The van der Waals surface area contributed by atoms with Gasteiger partial charge < -0.3 is 9.84 Å². The van der Waals surface area contributed by atoms with Crippen LogP contribution in [-0.4, -0.2) is 22.9 Å². The highest BCUT2D eigenvalue weighted by atomic mass is 79.9. The number of thiazole rings is 1. The molecule has 0 unspecified atom stereocenters. The van der Waals surface area contributed by atoms with Crippen molar-refractivity contribution in [2.24, 2.45) is 5.10 Å². The molecule has 0 bridgehead atoms. The van der Waals surface area contributed by atoms with E-state index in [4.69, 9.17) is 4.74 Å². The summed E-state index contributed by atoms with van der Waals surface area (Å²) >= 11 is 4.82. The summed E-state index contributed by atoms with van der Waals surface area (Å²) in [5.74, 6) is 0.500. The second-order valence-electron chi connectivity index (χ2n) is 6.01. The zero-order valence-corrected chi connectivity index (χ0v) is 17.7. The first-order valence-electron chi connectivity index (χ1n) is 8.45. The molecule has 0 saturated heterocycles. The number of hydrogen-bond acceptors (Lipinski definition) is 6. The number of phenolic OH excluding ortho intramolecular Hbond substituents is 1. The second-order valence-corrected chi connectivity index (χ2v) is 7.72. The fraction of sp³-hybridized carbons (Fsp3) is 0.200. The first-order chi connectivity index (χ1) is 13.0. The summed E-state index contributed by atoms with van der Waals surface area (Å²) in [6.07, 6.45) is 1.66. The number of benzene rings is 2. The topological polar surface area (TPSA) is 66.7 Å². The molecule has 1 aromatic heterocycles. The lowest BCUT2D eigenvalue weighted by Crippen LogP contribution is -1.95. The van der Waals surface area contributed by atoms with Gasteiger partial charge in [0, 0.05) is 10.9 Å². The molecule has 0 amide bonds. The van der Waals surface area contributed by atoms with Crippen molar-refractivity contribution in [3.63, 3.8) is 0 Å². The van der Waals surface area contributed by atoms with E-state index in [1.54, 1.807) is 18.3 Å². The van der Waals surface area contributed by atoms with E-state index >= 15 is 0 Å². The number of nitrogens with zero attached hydrogens (tertiary/aromatic N) is 2. The van der Waals surface area contributed by atoms with Gasteiger partial charge in [0.2, 0.25) is 5.13 Å². The van der Waals surface area contributed by atoms with E-state index in [1.165, 1.54) is 22.5 Å². The van der Waals surface area contributed by atoms with Crippen molar-refractivity contribution in [3.8, 4) is 22.8 Å². The Hall–Kier alpha value is -2.38. The van der Waals surface area contributed by atoms with Crippen molar-refractivity contribution in [2.45, 2.75) is 20.8 Å². The van der Waals surface area contributed by atoms with E-state index in [1.807, 2.05) is 12.3 Å². The summed E-state index contributed by atoms with van der Waals surface area (Å²) in [5.41, 5.74) is 8.24. The SMILES string of the molecule is CCOc1cc(/C=N\Nc2nc(-c3ccc(C)cc3C)cs2)cc(Br)c1O. The number of phenols is 1. The van der Waals surface area contributed by atoms with Gasteiger partial charge in [0.15, 0.2) is 11.5 Å². The molecule has 3 aromatic rings. The van der Waals surface area contributed by atoms with Gasteiger partial charge in [-0.05, 0) is 60.0 Å². The van der Waals surface area contributed by atoms with E-state index in [2.05, 4.69) is 63.5 Å². The van der Waals surface area contributed by atoms with Crippen LogP contribution < -0.4 is 10.2 Å². The van der Waals surface area contributed by atoms with Crippen LogP contribution in [0.3, 0.4) is 0 Å². The Morgan fingerprint density at radius 3 is 2.85 bits per heavy atom. The third kappa shape index (κ3) is 4.67. The maximum Gasteiger partial charge on any atom is 0.203 e. The Morgan fingerprint density at radius 1 is 1.30 bits per heavy atom.